The summed E-state index contributed by atoms with van der Waals surface area (Å²) in [5.41, 5.74) is 6.89. The minimum absolute atomic E-state index is 0.123. The number of guanidine groups is 1. The monoisotopic (exact) mass is 296 g/mol. The molecule has 2 rings (SSSR count). The van der Waals surface area contributed by atoms with Gasteiger partial charge in [0.25, 0.3) is 0 Å². The second-order valence-electron chi connectivity index (χ2n) is 5.02. The molecule has 0 bridgehead atoms. The molecule has 0 aliphatic heterocycles. The van der Waals surface area contributed by atoms with Crippen molar-refractivity contribution < 1.29 is 8.42 Å². The van der Waals surface area contributed by atoms with Crippen LogP contribution in [0.4, 0.5) is 0 Å². The zero-order valence-corrected chi connectivity index (χ0v) is 12.3. The molecule has 1 aliphatic rings. The van der Waals surface area contributed by atoms with Gasteiger partial charge in [-0.15, -0.1) is 0 Å². The number of primary sulfonamides is 1. The Morgan fingerprint density at radius 1 is 1.35 bits per heavy atom. The highest BCUT2D eigenvalue weighted by Crippen LogP contribution is 2.24. The van der Waals surface area contributed by atoms with Crippen LogP contribution in [0.5, 0.6) is 0 Å². The summed E-state index contributed by atoms with van der Waals surface area (Å²) in [5.74, 6) is 0.564. The molecule has 1 saturated carbocycles. The van der Waals surface area contributed by atoms with Crippen LogP contribution in [0.3, 0.4) is 0 Å². The SMILES string of the molecule is CN(C(N)=NCCc1ccc(S(N)(=O)=O)cc1)C1CC1. The van der Waals surface area contributed by atoms with Crippen LogP contribution < -0.4 is 10.9 Å². The maximum absolute atomic E-state index is 11.1. The van der Waals surface area contributed by atoms with Crippen LogP contribution in [-0.2, 0) is 16.4 Å². The number of hydrogen-bond acceptors (Lipinski definition) is 3. The normalized spacial score (nSPS) is 16.2. The Bertz CT molecular complexity index is 591. The summed E-state index contributed by atoms with van der Waals surface area (Å²) in [6.45, 7) is 0.581. The Kier molecular flexibility index (Phi) is 4.29. The fourth-order valence-electron chi connectivity index (χ4n) is 1.91. The quantitative estimate of drug-likeness (QED) is 0.602. The van der Waals surface area contributed by atoms with Crippen LogP contribution in [-0.4, -0.2) is 38.9 Å². The van der Waals surface area contributed by atoms with Gasteiger partial charge in [0.05, 0.1) is 4.90 Å². The van der Waals surface area contributed by atoms with Crippen molar-refractivity contribution in [2.75, 3.05) is 13.6 Å². The van der Waals surface area contributed by atoms with Crippen LogP contribution in [0.25, 0.3) is 0 Å². The smallest absolute Gasteiger partial charge is 0.238 e. The lowest BCUT2D eigenvalue weighted by Gasteiger charge is -2.16. The number of hydrogen-bond donors (Lipinski definition) is 2. The van der Waals surface area contributed by atoms with Crippen LogP contribution >= 0.6 is 0 Å². The van der Waals surface area contributed by atoms with E-state index >= 15 is 0 Å². The first-order valence-electron chi connectivity index (χ1n) is 6.52. The van der Waals surface area contributed by atoms with E-state index in [-0.39, 0.29) is 4.90 Å². The number of sulfonamides is 1. The van der Waals surface area contributed by atoms with Crippen LogP contribution in [0.1, 0.15) is 18.4 Å². The highest BCUT2D eigenvalue weighted by Gasteiger charge is 2.27. The van der Waals surface area contributed by atoms with E-state index in [9.17, 15) is 8.42 Å². The molecule has 20 heavy (non-hydrogen) atoms. The van der Waals surface area contributed by atoms with Crippen molar-refractivity contribution in [1.82, 2.24) is 4.90 Å². The van der Waals surface area contributed by atoms with Gasteiger partial charge in [-0.1, -0.05) is 12.1 Å². The molecule has 4 N–H and O–H groups in total. The molecule has 110 valence electrons. The van der Waals surface area contributed by atoms with Gasteiger partial charge >= 0.3 is 0 Å². The Balaban J connectivity index is 1.89. The van der Waals surface area contributed by atoms with E-state index in [1.807, 2.05) is 11.9 Å². The summed E-state index contributed by atoms with van der Waals surface area (Å²) in [4.78, 5) is 6.46. The van der Waals surface area contributed by atoms with E-state index in [1.165, 1.54) is 25.0 Å². The second kappa shape index (κ2) is 5.80. The molecule has 6 nitrogen and oxygen atoms in total. The molecule has 1 aromatic carbocycles. The van der Waals surface area contributed by atoms with Crippen molar-refractivity contribution in [2.45, 2.75) is 30.2 Å². The number of benzene rings is 1. The van der Waals surface area contributed by atoms with Gasteiger partial charge in [-0.25, -0.2) is 13.6 Å². The van der Waals surface area contributed by atoms with Crippen LogP contribution in [0.2, 0.25) is 0 Å². The minimum atomic E-state index is -3.62. The molecule has 1 fully saturated rings. The van der Waals surface area contributed by atoms with Gasteiger partial charge in [0.2, 0.25) is 10.0 Å². The summed E-state index contributed by atoms with van der Waals surface area (Å²) in [6, 6.07) is 7.06. The Hall–Kier alpha value is -1.60. The molecule has 7 heteroatoms. The van der Waals surface area contributed by atoms with Crippen molar-refractivity contribution in [1.29, 1.82) is 0 Å². The van der Waals surface area contributed by atoms with Gasteiger partial charge in [0.15, 0.2) is 5.96 Å². The number of nitrogens with two attached hydrogens (primary N) is 2. The molecule has 0 amide bonds. The summed E-state index contributed by atoms with van der Waals surface area (Å²) < 4.78 is 22.3. The average molecular weight is 296 g/mol. The third-order valence-corrected chi connectivity index (χ3v) is 4.31. The molecule has 1 aromatic rings. The first-order valence-corrected chi connectivity index (χ1v) is 8.07. The van der Waals surface area contributed by atoms with E-state index in [4.69, 9.17) is 10.9 Å². The van der Waals surface area contributed by atoms with Gasteiger partial charge in [-0.05, 0) is 37.0 Å². The fourth-order valence-corrected chi connectivity index (χ4v) is 2.42. The highest BCUT2D eigenvalue weighted by atomic mass is 32.2. The van der Waals surface area contributed by atoms with E-state index in [2.05, 4.69) is 4.99 Å². The van der Waals surface area contributed by atoms with Gasteiger partial charge in [0.1, 0.15) is 0 Å². The maximum Gasteiger partial charge on any atom is 0.238 e. The first-order chi connectivity index (χ1) is 9.38. The molecule has 0 radical (unpaired) electrons. The van der Waals surface area contributed by atoms with Gasteiger partial charge in [-0.3, -0.25) is 4.99 Å². The molecule has 0 unspecified atom stereocenters. The average Bonchev–Trinajstić information content (AvgIpc) is 3.21. The molecule has 1 aliphatic carbocycles. The van der Waals surface area contributed by atoms with Gasteiger partial charge in [-0.2, -0.15) is 0 Å². The minimum Gasteiger partial charge on any atom is -0.370 e. The third-order valence-electron chi connectivity index (χ3n) is 3.38. The van der Waals surface area contributed by atoms with Crippen LogP contribution in [0, 0.1) is 0 Å². The molecule has 0 aromatic heterocycles. The predicted octanol–water partition coefficient (Wildman–Crippen LogP) is 0.285. The summed E-state index contributed by atoms with van der Waals surface area (Å²) in [7, 11) is -1.67. The van der Waals surface area contributed by atoms with Crippen molar-refractivity contribution >= 4 is 16.0 Å². The molecular formula is C13H20N4O2S. The Labute approximate surface area is 119 Å². The first kappa shape index (κ1) is 14.8. The fraction of sp³-hybridized carbons (Fsp3) is 0.462. The summed E-state index contributed by atoms with van der Waals surface area (Å²) in [6.07, 6.45) is 3.08. The van der Waals surface area contributed by atoms with Gasteiger partial charge in [0, 0.05) is 19.6 Å². The zero-order valence-electron chi connectivity index (χ0n) is 11.5. The maximum atomic E-state index is 11.1. The van der Waals surface area contributed by atoms with E-state index < -0.39 is 10.0 Å². The lowest BCUT2D eigenvalue weighted by atomic mass is 10.1. The molecule has 0 atom stereocenters. The van der Waals surface area contributed by atoms with Crippen molar-refractivity contribution in [3.63, 3.8) is 0 Å². The molecule has 0 saturated heterocycles. The third kappa shape index (κ3) is 3.94. The zero-order chi connectivity index (χ0) is 14.8. The lowest BCUT2D eigenvalue weighted by molar-refractivity contribution is 0.487. The van der Waals surface area contributed by atoms with Crippen molar-refractivity contribution in [3.8, 4) is 0 Å². The topological polar surface area (TPSA) is 102 Å². The van der Waals surface area contributed by atoms with E-state index in [1.54, 1.807) is 12.1 Å². The summed E-state index contributed by atoms with van der Waals surface area (Å²) in [5, 5.41) is 5.04. The van der Waals surface area contributed by atoms with Crippen molar-refractivity contribution in [3.05, 3.63) is 29.8 Å². The largest absolute Gasteiger partial charge is 0.370 e. The summed E-state index contributed by atoms with van der Waals surface area (Å²) >= 11 is 0. The second-order valence-corrected chi connectivity index (χ2v) is 6.58. The van der Waals surface area contributed by atoms with Crippen LogP contribution in [0.15, 0.2) is 34.2 Å². The molecule has 0 heterocycles. The highest BCUT2D eigenvalue weighted by molar-refractivity contribution is 7.89. The van der Waals surface area contributed by atoms with Crippen molar-refractivity contribution in [2.24, 2.45) is 15.9 Å². The Morgan fingerprint density at radius 2 is 1.95 bits per heavy atom. The standard InChI is InChI=1S/C13H20N4O2S/c1-17(11-4-5-11)13(14)16-9-8-10-2-6-12(7-3-10)20(15,18)19/h2-3,6-7,11H,4-5,8-9H2,1H3,(H2,14,16)(H2,15,18,19). The number of aliphatic imine (C=N–C) groups is 1. The Morgan fingerprint density at radius 3 is 2.45 bits per heavy atom. The molecule has 0 spiro atoms. The van der Waals surface area contributed by atoms with E-state index in [0.29, 0.717) is 25.0 Å². The van der Waals surface area contributed by atoms with E-state index in [0.717, 1.165) is 5.56 Å². The number of rotatable bonds is 5. The number of nitrogens with zero attached hydrogens (tertiary/aromatic N) is 2. The lowest BCUT2D eigenvalue weighted by Crippen LogP contribution is -2.35. The van der Waals surface area contributed by atoms with Gasteiger partial charge < -0.3 is 10.6 Å². The molecular weight excluding hydrogens is 276 g/mol. The predicted molar refractivity (Wildman–Crippen MR) is 78.8 cm³/mol.